The van der Waals surface area contributed by atoms with E-state index in [2.05, 4.69) is 15.6 Å². The summed E-state index contributed by atoms with van der Waals surface area (Å²) in [5.74, 6) is -0.279. The highest BCUT2D eigenvalue weighted by Crippen LogP contribution is 2.33. The zero-order valence-corrected chi connectivity index (χ0v) is 19.2. The standard InChI is InChI=1S/C27H22N4O4/c1-17-23(29-30-31(17)16-18-9-4-3-5-10-18)27(33)28-24-21-13-6-7-14-22(21)35-26(24)25(32)19-11-8-12-20(15-19)34-2/h3-15H,16H2,1-2H3,(H,28,33). The number of carbonyl (C=O) groups excluding carboxylic acids is 2. The minimum Gasteiger partial charge on any atom is -0.497 e. The van der Waals surface area contributed by atoms with Gasteiger partial charge in [0.2, 0.25) is 5.78 Å². The van der Waals surface area contributed by atoms with E-state index in [1.165, 1.54) is 7.11 Å². The molecule has 5 rings (SSSR count). The van der Waals surface area contributed by atoms with Crippen molar-refractivity contribution in [3.05, 3.63) is 107 Å². The number of fused-ring (bicyclic) bond motifs is 1. The molecule has 0 spiro atoms. The Hall–Kier alpha value is -4.72. The number of amides is 1. The van der Waals surface area contributed by atoms with E-state index < -0.39 is 5.91 Å². The van der Waals surface area contributed by atoms with Gasteiger partial charge in [0.05, 0.1) is 25.0 Å². The van der Waals surface area contributed by atoms with Crippen LogP contribution in [0.4, 0.5) is 5.69 Å². The van der Waals surface area contributed by atoms with Crippen LogP contribution in [0.2, 0.25) is 0 Å². The lowest BCUT2D eigenvalue weighted by Crippen LogP contribution is -2.16. The van der Waals surface area contributed by atoms with E-state index in [-0.39, 0.29) is 22.9 Å². The van der Waals surface area contributed by atoms with Crippen molar-refractivity contribution in [2.45, 2.75) is 13.5 Å². The van der Waals surface area contributed by atoms with Crippen molar-refractivity contribution in [2.75, 3.05) is 12.4 Å². The summed E-state index contributed by atoms with van der Waals surface area (Å²) in [5, 5.41) is 11.7. The predicted molar refractivity (Wildman–Crippen MR) is 131 cm³/mol. The molecule has 0 saturated carbocycles. The normalized spacial score (nSPS) is 10.9. The second-order valence-electron chi connectivity index (χ2n) is 7.98. The first kappa shape index (κ1) is 22.1. The summed E-state index contributed by atoms with van der Waals surface area (Å²) in [6, 6.07) is 23.7. The first-order chi connectivity index (χ1) is 17.0. The molecule has 174 valence electrons. The van der Waals surface area contributed by atoms with Gasteiger partial charge in [0.1, 0.15) is 11.3 Å². The van der Waals surface area contributed by atoms with Gasteiger partial charge in [-0.1, -0.05) is 59.8 Å². The van der Waals surface area contributed by atoms with Crippen molar-refractivity contribution in [3.8, 4) is 5.75 Å². The molecule has 0 radical (unpaired) electrons. The number of ether oxygens (including phenoxy) is 1. The number of hydrogen-bond donors (Lipinski definition) is 1. The maximum absolute atomic E-state index is 13.4. The van der Waals surface area contributed by atoms with Gasteiger partial charge in [0, 0.05) is 10.9 Å². The molecule has 0 unspecified atom stereocenters. The third-order valence-corrected chi connectivity index (χ3v) is 5.74. The van der Waals surface area contributed by atoms with E-state index in [0.29, 0.717) is 34.5 Å². The minimum atomic E-state index is -0.479. The Morgan fingerprint density at radius 3 is 2.57 bits per heavy atom. The molecular weight excluding hydrogens is 444 g/mol. The number of methoxy groups -OCH3 is 1. The molecule has 2 aromatic heterocycles. The lowest BCUT2D eigenvalue weighted by atomic mass is 10.1. The molecule has 0 aliphatic carbocycles. The van der Waals surface area contributed by atoms with Crippen molar-refractivity contribution < 1.29 is 18.7 Å². The Morgan fingerprint density at radius 1 is 1.00 bits per heavy atom. The number of ketones is 1. The molecule has 0 saturated heterocycles. The first-order valence-corrected chi connectivity index (χ1v) is 11.0. The molecule has 0 bridgehead atoms. The van der Waals surface area contributed by atoms with E-state index in [4.69, 9.17) is 9.15 Å². The molecule has 0 aliphatic rings. The highest BCUT2D eigenvalue weighted by atomic mass is 16.5. The molecule has 0 atom stereocenters. The van der Waals surface area contributed by atoms with Crippen LogP contribution in [0, 0.1) is 6.92 Å². The predicted octanol–water partition coefficient (Wildman–Crippen LogP) is 4.87. The molecule has 8 heteroatoms. The van der Waals surface area contributed by atoms with Gasteiger partial charge in [0.25, 0.3) is 5.91 Å². The highest BCUT2D eigenvalue weighted by molar-refractivity contribution is 6.18. The Bertz CT molecular complexity index is 1540. The summed E-state index contributed by atoms with van der Waals surface area (Å²) in [6.07, 6.45) is 0. The fourth-order valence-electron chi connectivity index (χ4n) is 3.87. The molecule has 0 fully saturated rings. The number of nitrogens with zero attached hydrogens (tertiary/aromatic N) is 3. The van der Waals surface area contributed by atoms with Gasteiger partial charge < -0.3 is 14.5 Å². The van der Waals surface area contributed by atoms with Crippen molar-refractivity contribution in [3.63, 3.8) is 0 Å². The van der Waals surface area contributed by atoms with Crippen molar-refractivity contribution >= 4 is 28.3 Å². The maximum Gasteiger partial charge on any atom is 0.278 e. The Morgan fingerprint density at radius 2 is 1.77 bits per heavy atom. The van der Waals surface area contributed by atoms with Crippen LogP contribution in [0.3, 0.4) is 0 Å². The Kier molecular flexibility index (Phi) is 5.85. The van der Waals surface area contributed by atoms with Crippen molar-refractivity contribution in [2.24, 2.45) is 0 Å². The number of rotatable bonds is 7. The fraction of sp³-hybridized carbons (Fsp3) is 0.111. The van der Waals surface area contributed by atoms with Gasteiger partial charge in [-0.25, -0.2) is 4.68 Å². The zero-order chi connectivity index (χ0) is 24.4. The number of aromatic nitrogens is 3. The number of carbonyl (C=O) groups is 2. The number of anilines is 1. The minimum absolute atomic E-state index is 0.0298. The largest absolute Gasteiger partial charge is 0.497 e. The van der Waals surface area contributed by atoms with Gasteiger partial charge in [-0.3, -0.25) is 9.59 Å². The van der Waals surface area contributed by atoms with Crippen molar-refractivity contribution in [1.82, 2.24) is 15.0 Å². The second-order valence-corrected chi connectivity index (χ2v) is 7.98. The molecule has 5 aromatic rings. The average Bonchev–Trinajstić information content (AvgIpc) is 3.44. The monoisotopic (exact) mass is 466 g/mol. The smallest absolute Gasteiger partial charge is 0.278 e. The van der Waals surface area contributed by atoms with Gasteiger partial charge in [0.15, 0.2) is 11.5 Å². The summed E-state index contributed by atoms with van der Waals surface area (Å²) < 4.78 is 12.8. The van der Waals surface area contributed by atoms with Crippen LogP contribution in [0.1, 0.15) is 37.9 Å². The van der Waals surface area contributed by atoms with Crippen LogP contribution < -0.4 is 10.1 Å². The summed E-state index contributed by atoms with van der Waals surface area (Å²) in [4.78, 5) is 26.6. The topological polar surface area (TPSA) is 99.2 Å². The summed E-state index contributed by atoms with van der Waals surface area (Å²) in [6.45, 7) is 2.27. The molecule has 1 N–H and O–H groups in total. The molecule has 2 heterocycles. The quantitative estimate of drug-likeness (QED) is 0.344. The van der Waals surface area contributed by atoms with Crippen LogP contribution in [-0.4, -0.2) is 33.8 Å². The maximum atomic E-state index is 13.4. The summed E-state index contributed by atoms with van der Waals surface area (Å²) in [7, 11) is 1.53. The molecule has 0 aliphatic heterocycles. The van der Waals surface area contributed by atoms with Gasteiger partial charge in [-0.15, -0.1) is 5.10 Å². The average molecular weight is 466 g/mol. The summed E-state index contributed by atoms with van der Waals surface area (Å²) >= 11 is 0. The number of para-hydroxylation sites is 1. The van der Waals surface area contributed by atoms with Crippen LogP contribution in [-0.2, 0) is 6.54 Å². The van der Waals surface area contributed by atoms with Gasteiger partial charge in [-0.05, 0) is 36.8 Å². The number of nitrogens with one attached hydrogen (secondary N) is 1. The third-order valence-electron chi connectivity index (χ3n) is 5.74. The molecule has 1 amide bonds. The van der Waals surface area contributed by atoms with Crippen molar-refractivity contribution in [1.29, 1.82) is 0 Å². The van der Waals surface area contributed by atoms with Crippen LogP contribution in [0.5, 0.6) is 5.75 Å². The van der Waals surface area contributed by atoms with E-state index in [1.807, 2.05) is 36.4 Å². The number of hydrogen-bond acceptors (Lipinski definition) is 6. The zero-order valence-electron chi connectivity index (χ0n) is 19.2. The SMILES string of the molecule is COc1cccc(C(=O)c2oc3ccccc3c2NC(=O)c2nnn(Cc3ccccc3)c2C)c1. The van der Waals surface area contributed by atoms with Gasteiger partial charge in [-0.2, -0.15) is 0 Å². The van der Waals surface area contributed by atoms with E-state index >= 15 is 0 Å². The van der Waals surface area contributed by atoms with E-state index in [0.717, 1.165) is 5.56 Å². The number of benzene rings is 3. The molecule has 8 nitrogen and oxygen atoms in total. The Balaban J connectivity index is 1.48. The highest BCUT2D eigenvalue weighted by Gasteiger charge is 2.26. The van der Waals surface area contributed by atoms with E-state index in [1.54, 1.807) is 54.1 Å². The van der Waals surface area contributed by atoms with Crippen LogP contribution in [0.15, 0.2) is 83.3 Å². The lowest BCUT2D eigenvalue weighted by Gasteiger charge is -2.07. The lowest BCUT2D eigenvalue weighted by molar-refractivity contribution is 0.101. The molecule has 3 aromatic carbocycles. The third kappa shape index (κ3) is 4.29. The van der Waals surface area contributed by atoms with E-state index in [9.17, 15) is 9.59 Å². The molecular formula is C27H22N4O4. The van der Waals surface area contributed by atoms with Gasteiger partial charge >= 0.3 is 0 Å². The first-order valence-electron chi connectivity index (χ1n) is 11.0. The Labute approximate surface area is 201 Å². The fourth-order valence-corrected chi connectivity index (χ4v) is 3.87. The summed E-state index contributed by atoms with van der Waals surface area (Å²) in [5.41, 5.74) is 2.98. The molecule has 35 heavy (non-hydrogen) atoms. The number of furan rings is 1. The van der Waals surface area contributed by atoms with Crippen LogP contribution in [0.25, 0.3) is 11.0 Å². The second kappa shape index (κ2) is 9.26. The van der Waals surface area contributed by atoms with Crippen LogP contribution >= 0.6 is 0 Å².